The summed E-state index contributed by atoms with van der Waals surface area (Å²) in [5.41, 5.74) is 10.4. The van der Waals surface area contributed by atoms with Gasteiger partial charge in [0.25, 0.3) is 0 Å². The molecule has 2 heterocycles. The van der Waals surface area contributed by atoms with E-state index in [0.717, 1.165) is 11.1 Å². The minimum absolute atomic E-state index is 0.00119. The molecule has 13 N–H and O–H groups in total. The van der Waals surface area contributed by atoms with Crippen LogP contribution in [-0.4, -0.2) is 147 Å². The Labute approximate surface area is 545 Å². The Morgan fingerprint density at radius 3 is 1.54 bits per heavy atom. The van der Waals surface area contributed by atoms with E-state index >= 15 is 4.79 Å². The fraction of sp³-hybridized carbons (Fsp3) is 0.391. The number of carbonyl (C=O) groups is 11. The molecule has 0 bridgehead atoms. The van der Waals surface area contributed by atoms with Gasteiger partial charge >= 0.3 is 11.9 Å². The van der Waals surface area contributed by atoms with Crippen molar-refractivity contribution in [2.75, 3.05) is 13.2 Å². The summed E-state index contributed by atoms with van der Waals surface area (Å²) in [5, 5.41) is 41.6. The molecule has 25 heteroatoms. The Balaban J connectivity index is 1.30. The molecule has 0 saturated heterocycles. The zero-order valence-corrected chi connectivity index (χ0v) is 53.6. The number of nitrogens with zero attached hydrogens (tertiary/aromatic N) is 1. The van der Waals surface area contributed by atoms with E-state index in [0.29, 0.717) is 39.6 Å². The number of aromatic amines is 1. The Morgan fingerprint density at radius 1 is 0.521 bits per heavy atom. The number of hydrogen-bond acceptors (Lipinski definition) is 14. The van der Waals surface area contributed by atoms with Crippen LogP contribution in [0.25, 0.3) is 22.0 Å². The van der Waals surface area contributed by atoms with E-state index in [1.165, 1.54) is 31.5 Å². The maximum Gasteiger partial charge on any atom is 0.341 e. The summed E-state index contributed by atoms with van der Waals surface area (Å²) in [6, 6.07) is 22.2. The summed E-state index contributed by atoms with van der Waals surface area (Å²) in [6.07, 6.45) is 3.56. The van der Waals surface area contributed by atoms with Crippen LogP contribution in [0.5, 0.6) is 5.75 Å². The van der Waals surface area contributed by atoms with E-state index in [9.17, 15) is 53.1 Å². The summed E-state index contributed by atoms with van der Waals surface area (Å²) in [7, 11) is 0. The predicted molar refractivity (Wildman–Crippen MR) is 350 cm³/mol. The molecule has 0 aliphatic carbocycles. The lowest BCUT2D eigenvalue weighted by atomic mass is 9.97. The fourth-order valence-corrected chi connectivity index (χ4v) is 10.4. The molecular formula is C69H85N11O14. The number of rotatable bonds is 37. The maximum atomic E-state index is 15.1. The average Bonchev–Trinajstić information content (AvgIpc) is 1.62. The topological polar surface area (TPSA) is 388 Å². The number of carboxylic acid groups (broad SMARTS) is 2. The van der Waals surface area contributed by atoms with Crippen molar-refractivity contribution in [3.63, 3.8) is 0 Å². The lowest BCUT2D eigenvalue weighted by Gasteiger charge is -2.29. The molecule has 0 radical (unpaired) electrons. The lowest BCUT2D eigenvalue weighted by molar-refractivity contribution is -0.141. The second-order valence-electron chi connectivity index (χ2n) is 23.8. The third-order valence-corrected chi connectivity index (χ3v) is 15.5. The van der Waals surface area contributed by atoms with Crippen molar-refractivity contribution in [3.05, 3.63) is 156 Å². The number of aliphatic carboxylic acids is 2. The molecule has 25 nitrogen and oxygen atoms in total. The number of nitrogens with two attached hydrogens (primary N) is 1. The Bertz CT molecular complexity index is 3570. The first-order chi connectivity index (χ1) is 44.9. The predicted octanol–water partition coefficient (Wildman–Crippen LogP) is 3.76. The van der Waals surface area contributed by atoms with Crippen LogP contribution in [0.2, 0.25) is 0 Å². The Kier molecular flexibility index (Phi) is 27.9. The van der Waals surface area contributed by atoms with Crippen molar-refractivity contribution in [1.29, 1.82) is 0 Å². The van der Waals surface area contributed by atoms with E-state index < -0.39 is 126 Å². The van der Waals surface area contributed by atoms with Crippen LogP contribution in [0.4, 0.5) is 0 Å². The van der Waals surface area contributed by atoms with Crippen molar-refractivity contribution in [1.82, 2.24) is 52.5 Å². The number of para-hydroxylation sites is 1. The summed E-state index contributed by atoms with van der Waals surface area (Å²) in [5.74, 6) is -10.1. The molecular weight excluding hydrogens is 1210 g/mol. The van der Waals surface area contributed by atoms with Gasteiger partial charge in [0.2, 0.25) is 47.3 Å². The van der Waals surface area contributed by atoms with Crippen molar-refractivity contribution >= 4 is 75.9 Å². The monoisotopic (exact) mass is 1290 g/mol. The van der Waals surface area contributed by atoms with Crippen LogP contribution < -0.4 is 53.0 Å². The summed E-state index contributed by atoms with van der Waals surface area (Å²) in [6.45, 7) is 9.64. The largest absolute Gasteiger partial charge is 0.482 e. The van der Waals surface area contributed by atoms with E-state index in [-0.39, 0.29) is 68.9 Å². The highest BCUT2D eigenvalue weighted by Gasteiger charge is 2.37. The number of aromatic nitrogens is 2. The molecule has 0 unspecified atom stereocenters. The third-order valence-electron chi connectivity index (χ3n) is 15.5. The highest BCUT2D eigenvalue weighted by atomic mass is 16.5. The summed E-state index contributed by atoms with van der Waals surface area (Å²) >= 11 is 0. The molecule has 94 heavy (non-hydrogen) atoms. The lowest BCUT2D eigenvalue weighted by Crippen LogP contribution is -2.61. The Hall–Kier alpha value is -10.3. The van der Waals surface area contributed by atoms with Gasteiger partial charge in [-0.2, -0.15) is 0 Å². The first-order valence-corrected chi connectivity index (χ1v) is 31.3. The first kappa shape index (κ1) is 72.8. The molecule has 4 aromatic carbocycles. The van der Waals surface area contributed by atoms with Crippen LogP contribution in [0.15, 0.2) is 134 Å². The second kappa shape index (κ2) is 36.1. The molecule has 0 saturated carbocycles. The van der Waals surface area contributed by atoms with Gasteiger partial charge in [-0.3, -0.25) is 52.9 Å². The van der Waals surface area contributed by atoms with Gasteiger partial charge in [-0.1, -0.05) is 120 Å². The SMILES string of the molecule is CCC(=O)N[C@@H](Cc1ccc(OCC(=O)O)cc1)C(=O)N[C@@H](Cc1ccncc1)C(=O)N[C@@H](CC(=O)O)C(=O)N[C@@H](Cc1c[nH]c2ccccc12)C(=O)N[C@@H](CC(C)C)C(=O)N[C@@H](Cc1ccc(-c2ccccc2)cc1)C(=O)N[C@H](C(=O)N[C@@H](CCCN)C(C)=O)C(C)C. The van der Waals surface area contributed by atoms with Gasteiger partial charge in [0.1, 0.15) is 48.0 Å². The molecule has 8 atom stereocenters. The van der Waals surface area contributed by atoms with Gasteiger partial charge in [-0.05, 0) is 108 Å². The first-order valence-electron chi connectivity index (χ1n) is 31.3. The fourth-order valence-electron chi connectivity index (χ4n) is 10.4. The molecule has 0 spiro atoms. The highest BCUT2D eigenvalue weighted by molar-refractivity contribution is 5.99. The van der Waals surface area contributed by atoms with Gasteiger partial charge in [-0.15, -0.1) is 0 Å². The van der Waals surface area contributed by atoms with Crippen LogP contribution in [0.3, 0.4) is 0 Å². The highest BCUT2D eigenvalue weighted by Crippen LogP contribution is 2.23. The molecule has 0 aliphatic rings. The number of nitrogens with one attached hydrogen (secondary N) is 9. The standard InChI is InChI=1S/C69H85N11O14/c1-7-59(82)73-54(33-44-21-25-49(26-22-44)94-39-61(85)86)64(88)76-55(35-45-27-30-71-31-28-45)65(89)79-58(37-60(83)84)67(91)78-57(36-48-38-72-52-17-12-11-16-50(48)52)66(90)75-53(32-40(2)3)63(87)77-56(34-43-19-23-47(24-20-43)46-14-9-8-10-15-46)68(92)80-62(41(4)5)69(93)74-51(42(6)81)18-13-29-70/h8-12,14-17,19-28,30-31,38,40-41,51,53-58,62,72H,7,13,18,29,32-37,39,70H2,1-6H3,(H,73,82)(H,74,93)(H,75,90)(H,76,88)(H,77,87)(H,78,91)(H,79,89)(H,80,92)(H,83,84)(H,85,86)/t51-,53-,54-,55-,56-,57-,58-,62-/m0/s1. The van der Waals surface area contributed by atoms with Crippen LogP contribution >= 0.6 is 0 Å². The van der Waals surface area contributed by atoms with Crippen LogP contribution in [0.1, 0.15) is 95.9 Å². The number of fused-ring (bicyclic) bond motifs is 1. The molecule has 6 aromatic rings. The molecule has 6 rings (SSSR count). The van der Waals surface area contributed by atoms with Crippen LogP contribution in [0, 0.1) is 11.8 Å². The van der Waals surface area contributed by atoms with Crippen LogP contribution in [-0.2, 0) is 78.4 Å². The minimum Gasteiger partial charge on any atom is -0.482 e. The molecule has 500 valence electrons. The molecule has 2 aromatic heterocycles. The number of ketones is 1. The van der Waals surface area contributed by atoms with Gasteiger partial charge in [0, 0.05) is 61.6 Å². The van der Waals surface area contributed by atoms with Crippen molar-refractivity contribution in [2.45, 2.75) is 148 Å². The number of benzene rings is 4. The normalized spacial score (nSPS) is 13.7. The smallest absolute Gasteiger partial charge is 0.341 e. The van der Waals surface area contributed by atoms with E-state index in [1.807, 2.05) is 42.5 Å². The van der Waals surface area contributed by atoms with E-state index in [4.69, 9.17) is 15.6 Å². The number of ether oxygens (including phenoxy) is 1. The molecule has 8 amide bonds. The number of hydrogen-bond donors (Lipinski definition) is 12. The summed E-state index contributed by atoms with van der Waals surface area (Å²) in [4.78, 5) is 159. The third kappa shape index (κ3) is 22.8. The number of Topliss-reactive ketones (excluding diaryl/α,β-unsaturated/α-hetero) is 1. The van der Waals surface area contributed by atoms with Crippen molar-refractivity contribution in [3.8, 4) is 16.9 Å². The Morgan fingerprint density at radius 2 is 1.00 bits per heavy atom. The van der Waals surface area contributed by atoms with Crippen molar-refractivity contribution < 1.29 is 67.7 Å². The average molecular weight is 1290 g/mol. The molecule has 0 fully saturated rings. The maximum absolute atomic E-state index is 15.1. The number of carbonyl (C=O) groups excluding carboxylic acids is 9. The minimum atomic E-state index is -1.90. The van der Waals surface area contributed by atoms with Gasteiger partial charge in [0.15, 0.2) is 12.4 Å². The van der Waals surface area contributed by atoms with Gasteiger partial charge < -0.3 is 68.2 Å². The van der Waals surface area contributed by atoms with Gasteiger partial charge in [0.05, 0.1) is 12.5 Å². The number of pyridine rings is 1. The van der Waals surface area contributed by atoms with E-state index in [1.54, 1.807) is 101 Å². The van der Waals surface area contributed by atoms with Crippen molar-refractivity contribution in [2.24, 2.45) is 17.6 Å². The second-order valence-corrected chi connectivity index (χ2v) is 23.8. The van der Waals surface area contributed by atoms with Gasteiger partial charge in [-0.25, -0.2) is 4.79 Å². The summed E-state index contributed by atoms with van der Waals surface area (Å²) < 4.78 is 5.23. The number of amides is 8. The number of carboxylic acids is 2. The molecule has 0 aliphatic heterocycles. The zero-order valence-electron chi connectivity index (χ0n) is 53.6. The van der Waals surface area contributed by atoms with E-state index in [2.05, 4.69) is 52.5 Å². The number of H-pyrrole nitrogens is 1. The zero-order chi connectivity index (χ0) is 68.4. The quantitative estimate of drug-likeness (QED) is 0.0264.